The molecule has 2 atom stereocenters. The Morgan fingerprint density at radius 2 is 2.03 bits per heavy atom. The number of amides is 3. The van der Waals surface area contributed by atoms with Crippen LogP contribution in [0.4, 0.5) is 0 Å². The molecule has 2 N–H and O–H groups in total. The first kappa shape index (κ1) is 24.2. The maximum atomic E-state index is 13.6. The molecule has 3 amide bonds. The van der Waals surface area contributed by atoms with Crippen LogP contribution in [0.3, 0.4) is 0 Å². The fraction of sp³-hybridized carbons (Fsp3) is 0.360. The highest BCUT2D eigenvalue weighted by molar-refractivity contribution is 6.07. The van der Waals surface area contributed by atoms with Crippen LogP contribution in [0.15, 0.2) is 45.5 Å². The highest BCUT2D eigenvalue weighted by Crippen LogP contribution is 2.27. The van der Waals surface area contributed by atoms with Crippen molar-refractivity contribution < 1.29 is 23.3 Å². The smallest absolute Gasteiger partial charge is 0.269 e. The van der Waals surface area contributed by atoms with Gasteiger partial charge in [0.15, 0.2) is 5.82 Å². The monoisotopic (exact) mass is 505 g/mol. The summed E-state index contributed by atoms with van der Waals surface area (Å²) in [6.45, 7) is 3.82. The van der Waals surface area contributed by atoms with Crippen LogP contribution < -0.4 is 10.6 Å². The van der Waals surface area contributed by atoms with E-state index in [2.05, 4.69) is 25.9 Å². The molecule has 0 saturated carbocycles. The zero-order chi connectivity index (χ0) is 26.1. The van der Waals surface area contributed by atoms with Crippen LogP contribution in [0.5, 0.6) is 0 Å². The summed E-state index contributed by atoms with van der Waals surface area (Å²) in [6.07, 6.45) is 2.34. The van der Waals surface area contributed by atoms with Crippen molar-refractivity contribution >= 4 is 28.7 Å². The van der Waals surface area contributed by atoms with Crippen LogP contribution in [0, 0.1) is 6.92 Å². The summed E-state index contributed by atoms with van der Waals surface area (Å²) in [5, 5.41) is 14.4. The van der Waals surface area contributed by atoms with E-state index in [-0.39, 0.29) is 43.1 Å². The van der Waals surface area contributed by atoms with E-state index in [1.807, 2.05) is 19.1 Å². The minimum Gasteiger partial charge on any atom is -0.463 e. The van der Waals surface area contributed by atoms with E-state index in [1.165, 1.54) is 15.8 Å². The van der Waals surface area contributed by atoms with Crippen molar-refractivity contribution in [1.82, 2.24) is 35.5 Å². The van der Waals surface area contributed by atoms with Crippen molar-refractivity contribution in [1.29, 1.82) is 0 Å². The summed E-state index contributed by atoms with van der Waals surface area (Å²) >= 11 is 0. The third kappa shape index (κ3) is 4.82. The highest BCUT2D eigenvalue weighted by atomic mass is 16.5. The molecule has 192 valence electrons. The summed E-state index contributed by atoms with van der Waals surface area (Å²) in [7, 11) is 1.71. The maximum Gasteiger partial charge on any atom is 0.269 e. The molecule has 0 radical (unpaired) electrons. The van der Waals surface area contributed by atoms with Gasteiger partial charge < -0.3 is 24.5 Å². The molecule has 4 heterocycles. The predicted octanol–water partition coefficient (Wildman–Crippen LogP) is 1.75. The molecule has 1 aromatic carbocycles. The normalized spacial score (nSPS) is 17.3. The third-order valence-electron chi connectivity index (χ3n) is 6.42. The summed E-state index contributed by atoms with van der Waals surface area (Å²) in [6, 6.07) is 7.66. The largest absolute Gasteiger partial charge is 0.463 e. The van der Waals surface area contributed by atoms with Crippen LogP contribution in [0.2, 0.25) is 0 Å². The van der Waals surface area contributed by atoms with Gasteiger partial charge in [0, 0.05) is 25.0 Å². The fourth-order valence-corrected chi connectivity index (χ4v) is 4.58. The SMILES string of the molecule is CCc1cc(C(=O)N[C@@H]2C[C@@H](C(=O)NCc3nc(C)no3)N(C(=O)c3coc4ccccc34)C2)n(C)n1. The summed E-state index contributed by atoms with van der Waals surface area (Å²) in [5.74, 6) is -0.344. The average Bonchev–Trinajstić information content (AvgIpc) is 3.67. The summed E-state index contributed by atoms with van der Waals surface area (Å²) < 4.78 is 12.2. The second-order valence-corrected chi connectivity index (χ2v) is 8.98. The Morgan fingerprint density at radius 1 is 1.22 bits per heavy atom. The standard InChI is InChI=1S/C25H27N7O5/c1-4-15-9-19(31(3)29-15)24(34)28-16-10-20(23(33)26-11-22-27-14(2)30-37-22)32(12-16)25(35)18-13-36-21-8-6-5-7-17(18)21/h5-9,13,16,20H,4,10-12H2,1-3H3,(H,26,33)(H,28,34)/t16-,20+/m1/s1. The van der Waals surface area contributed by atoms with E-state index < -0.39 is 12.1 Å². The number of benzene rings is 1. The molecule has 5 rings (SSSR count). The van der Waals surface area contributed by atoms with E-state index in [4.69, 9.17) is 8.94 Å². The number of para-hydroxylation sites is 1. The molecule has 3 aromatic heterocycles. The second-order valence-electron chi connectivity index (χ2n) is 8.98. The van der Waals surface area contributed by atoms with Gasteiger partial charge in [0.05, 0.1) is 17.8 Å². The van der Waals surface area contributed by atoms with Crippen molar-refractivity contribution in [3.8, 4) is 0 Å². The zero-order valence-electron chi connectivity index (χ0n) is 20.7. The van der Waals surface area contributed by atoms with Crippen molar-refractivity contribution in [2.75, 3.05) is 6.54 Å². The van der Waals surface area contributed by atoms with E-state index in [1.54, 1.807) is 32.2 Å². The number of nitrogens with one attached hydrogen (secondary N) is 2. The molecule has 0 aliphatic carbocycles. The number of carbonyl (C=O) groups excluding carboxylic acids is 3. The van der Waals surface area contributed by atoms with E-state index in [0.717, 1.165) is 5.69 Å². The van der Waals surface area contributed by atoms with Crippen LogP contribution in [0.1, 0.15) is 51.6 Å². The Bertz CT molecular complexity index is 1470. The number of carbonyl (C=O) groups is 3. The van der Waals surface area contributed by atoms with E-state index >= 15 is 0 Å². The minimum atomic E-state index is -0.826. The number of hydrogen-bond donors (Lipinski definition) is 2. The van der Waals surface area contributed by atoms with Gasteiger partial charge in [-0.25, -0.2) is 0 Å². The Hall–Kier alpha value is -4.48. The van der Waals surface area contributed by atoms with E-state index in [9.17, 15) is 14.4 Å². The van der Waals surface area contributed by atoms with Gasteiger partial charge in [-0.2, -0.15) is 10.1 Å². The molecule has 0 bridgehead atoms. The number of hydrogen-bond acceptors (Lipinski definition) is 8. The van der Waals surface area contributed by atoms with Crippen molar-refractivity contribution in [2.24, 2.45) is 7.05 Å². The average molecular weight is 506 g/mol. The first-order chi connectivity index (χ1) is 17.8. The number of aromatic nitrogens is 4. The molecule has 4 aromatic rings. The first-order valence-corrected chi connectivity index (χ1v) is 12.0. The number of furan rings is 1. The van der Waals surface area contributed by atoms with Gasteiger partial charge in [-0.05, 0) is 31.9 Å². The minimum absolute atomic E-state index is 0.0265. The number of fused-ring (bicyclic) bond motifs is 1. The summed E-state index contributed by atoms with van der Waals surface area (Å²) in [4.78, 5) is 45.4. The second kappa shape index (κ2) is 9.88. The van der Waals surface area contributed by atoms with Crippen LogP contribution in [-0.4, -0.2) is 61.2 Å². The predicted molar refractivity (Wildman–Crippen MR) is 130 cm³/mol. The van der Waals surface area contributed by atoms with Crippen molar-refractivity contribution in [2.45, 2.75) is 45.3 Å². The number of rotatable bonds is 7. The molecule has 1 fully saturated rings. The Labute approximate surface area is 212 Å². The van der Waals surface area contributed by atoms with Gasteiger partial charge >= 0.3 is 0 Å². The maximum absolute atomic E-state index is 13.6. The highest BCUT2D eigenvalue weighted by Gasteiger charge is 2.41. The Balaban J connectivity index is 1.37. The molecule has 0 unspecified atom stereocenters. The number of aryl methyl sites for hydroxylation is 3. The molecule has 1 aliphatic rings. The van der Waals surface area contributed by atoms with Gasteiger partial charge in [0.1, 0.15) is 23.6 Å². The van der Waals surface area contributed by atoms with Crippen molar-refractivity contribution in [3.05, 3.63) is 65.3 Å². The van der Waals surface area contributed by atoms with Crippen LogP contribution in [0.25, 0.3) is 11.0 Å². The van der Waals surface area contributed by atoms with Crippen LogP contribution >= 0.6 is 0 Å². The summed E-state index contributed by atoms with van der Waals surface area (Å²) in [5.41, 5.74) is 2.14. The third-order valence-corrected chi connectivity index (χ3v) is 6.42. The van der Waals surface area contributed by atoms with E-state index in [0.29, 0.717) is 34.5 Å². The molecular formula is C25H27N7O5. The Morgan fingerprint density at radius 3 is 2.76 bits per heavy atom. The first-order valence-electron chi connectivity index (χ1n) is 12.0. The van der Waals surface area contributed by atoms with Gasteiger partial charge in [0.25, 0.3) is 11.8 Å². The van der Waals surface area contributed by atoms with Gasteiger partial charge in [-0.15, -0.1) is 0 Å². The van der Waals surface area contributed by atoms with Crippen LogP contribution in [-0.2, 0) is 24.8 Å². The molecular weight excluding hydrogens is 478 g/mol. The van der Waals surface area contributed by atoms with Gasteiger partial charge in [-0.1, -0.05) is 30.3 Å². The molecule has 12 nitrogen and oxygen atoms in total. The lowest BCUT2D eigenvalue weighted by Crippen LogP contribution is -2.45. The topological polar surface area (TPSA) is 148 Å². The quantitative estimate of drug-likeness (QED) is 0.386. The number of nitrogens with zero attached hydrogens (tertiary/aromatic N) is 5. The fourth-order valence-electron chi connectivity index (χ4n) is 4.58. The Kier molecular flexibility index (Phi) is 6.47. The molecule has 0 spiro atoms. The molecule has 12 heteroatoms. The number of likely N-dealkylation sites (tertiary alicyclic amines) is 1. The molecule has 37 heavy (non-hydrogen) atoms. The van der Waals surface area contributed by atoms with Crippen molar-refractivity contribution in [3.63, 3.8) is 0 Å². The molecule has 1 saturated heterocycles. The molecule has 1 aliphatic heterocycles. The zero-order valence-corrected chi connectivity index (χ0v) is 20.7. The lowest BCUT2D eigenvalue weighted by molar-refractivity contribution is -0.125. The lowest BCUT2D eigenvalue weighted by atomic mass is 10.1. The lowest BCUT2D eigenvalue weighted by Gasteiger charge is -2.23. The van der Waals surface area contributed by atoms with Gasteiger partial charge in [0.2, 0.25) is 11.8 Å². The van der Waals surface area contributed by atoms with Gasteiger partial charge in [-0.3, -0.25) is 19.1 Å².